The Morgan fingerprint density at radius 1 is 0.532 bits per heavy atom. The Morgan fingerprint density at radius 3 is 2.02 bits per heavy atom. The van der Waals surface area contributed by atoms with Crippen molar-refractivity contribution in [2.24, 2.45) is 0 Å². The summed E-state index contributed by atoms with van der Waals surface area (Å²) in [6.07, 6.45) is 17.6. The molecule has 0 saturated carbocycles. The third-order valence-electron chi connectivity index (χ3n) is 8.82. The van der Waals surface area contributed by atoms with E-state index in [1.807, 2.05) is 54.9 Å². The monoisotopic (exact) mass is 606 g/mol. The molecule has 7 aromatic rings. The van der Waals surface area contributed by atoms with Gasteiger partial charge in [-0.15, -0.1) is 0 Å². The summed E-state index contributed by atoms with van der Waals surface area (Å²) in [7, 11) is 0. The molecule has 0 radical (unpaired) electrons. The van der Waals surface area contributed by atoms with Crippen molar-refractivity contribution in [3.8, 4) is 56.2 Å². The molecule has 3 heterocycles. The van der Waals surface area contributed by atoms with Gasteiger partial charge in [-0.2, -0.15) is 0 Å². The van der Waals surface area contributed by atoms with E-state index in [0.29, 0.717) is 5.82 Å². The normalized spacial score (nSPS) is 14.3. The van der Waals surface area contributed by atoms with Crippen LogP contribution in [-0.4, -0.2) is 19.5 Å². The molecule has 0 atom stereocenters. The number of allylic oxidation sites excluding steroid dienone is 4. The molecule has 0 bridgehead atoms. The Labute approximate surface area is 275 Å². The van der Waals surface area contributed by atoms with Crippen molar-refractivity contribution >= 4 is 16.6 Å². The number of hydrogen-bond acceptors (Lipinski definition) is 3. The molecule has 4 nitrogen and oxygen atoms in total. The molecule has 0 fully saturated rings. The van der Waals surface area contributed by atoms with Gasteiger partial charge in [-0.05, 0) is 97.0 Å². The van der Waals surface area contributed by atoms with E-state index < -0.39 is 0 Å². The lowest BCUT2D eigenvalue weighted by Gasteiger charge is -2.14. The number of nitrogens with zero attached hydrogens (tertiary/aromatic N) is 4. The molecule has 0 unspecified atom stereocenters. The van der Waals surface area contributed by atoms with Gasteiger partial charge in [0.05, 0.1) is 16.9 Å². The summed E-state index contributed by atoms with van der Waals surface area (Å²) in [5.74, 6) is 0.704. The summed E-state index contributed by atoms with van der Waals surface area (Å²) in [5, 5.41) is 1.21. The highest BCUT2D eigenvalue weighted by molar-refractivity contribution is 5.90. The minimum atomic E-state index is 0.704. The van der Waals surface area contributed by atoms with E-state index in [0.717, 1.165) is 63.2 Å². The molecular weight excluding hydrogens is 573 g/mol. The van der Waals surface area contributed by atoms with Crippen LogP contribution in [0, 0.1) is 0 Å². The lowest BCUT2D eigenvalue weighted by molar-refractivity contribution is 0.757. The van der Waals surface area contributed by atoms with Crippen LogP contribution < -0.4 is 0 Å². The number of fused-ring (bicyclic) bond motifs is 1. The van der Waals surface area contributed by atoms with Crippen LogP contribution in [0.1, 0.15) is 25.7 Å². The Hall–Kier alpha value is -5.87. The Balaban J connectivity index is 1.28. The van der Waals surface area contributed by atoms with Gasteiger partial charge in [0.1, 0.15) is 0 Å². The van der Waals surface area contributed by atoms with Crippen molar-refractivity contribution in [3.05, 3.63) is 158 Å². The largest absolute Gasteiger partial charge is 0.317 e. The smallest absolute Gasteiger partial charge is 0.160 e. The molecule has 0 amide bonds. The van der Waals surface area contributed by atoms with Gasteiger partial charge in [-0.25, -0.2) is 9.97 Å². The number of pyridine rings is 1. The zero-order valence-corrected chi connectivity index (χ0v) is 26.1. The highest BCUT2D eigenvalue weighted by Crippen LogP contribution is 2.36. The van der Waals surface area contributed by atoms with Gasteiger partial charge < -0.3 is 4.57 Å². The number of benzene rings is 4. The molecule has 226 valence electrons. The van der Waals surface area contributed by atoms with E-state index in [2.05, 4.69) is 113 Å². The van der Waals surface area contributed by atoms with Gasteiger partial charge in [-0.1, -0.05) is 84.9 Å². The van der Waals surface area contributed by atoms with E-state index >= 15 is 0 Å². The second kappa shape index (κ2) is 12.9. The maximum atomic E-state index is 5.15. The lowest BCUT2D eigenvalue weighted by Crippen LogP contribution is -1.96. The van der Waals surface area contributed by atoms with Gasteiger partial charge in [0.2, 0.25) is 0 Å². The van der Waals surface area contributed by atoms with Crippen molar-refractivity contribution in [2.75, 3.05) is 0 Å². The van der Waals surface area contributed by atoms with Crippen LogP contribution in [0.2, 0.25) is 0 Å². The first-order valence-electron chi connectivity index (χ1n) is 16.3. The first-order valence-corrected chi connectivity index (χ1v) is 16.3. The predicted molar refractivity (Wildman–Crippen MR) is 194 cm³/mol. The molecule has 4 heteroatoms. The zero-order valence-electron chi connectivity index (χ0n) is 26.1. The van der Waals surface area contributed by atoms with Gasteiger partial charge in [0.15, 0.2) is 5.82 Å². The Kier molecular flexibility index (Phi) is 7.82. The Morgan fingerprint density at radius 2 is 1.23 bits per heavy atom. The lowest BCUT2D eigenvalue weighted by atomic mass is 9.94. The summed E-state index contributed by atoms with van der Waals surface area (Å²) < 4.78 is 2.32. The van der Waals surface area contributed by atoms with Crippen LogP contribution in [0.25, 0.3) is 72.8 Å². The van der Waals surface area contributed by atoms with Crippen LogP contribution in [0.4, 0.5) is 0 Å². The third kappa shape index (κ3) is 6.06. The standard InChI is InChI=1S/C43H34N4/c1-2-10-18-39(19-11-3-1)47-24-22-34-25-33(20-21-42(34)47)36-26-37(35-17-12-23-44-30-35)28-38(27-36)41-29-40(31-13-6-4-7-14-31)45-43(46-41)32-15-8-5-9-16-32/h4-10,12-30H,1-3,11H2/b18-10?,39-19+. The average molecular weight is 607 g/mol. The van der Waals surface area contributed by atoms with Crippen LogP contribution in [0.15, 0.2) is 158 Å². The molecule has 0 saturated heterocycles. The molecule has 4 aromatic carbocycles. The quantitative estimate of drug-likeness (QED) is 0.189. The number of hydrogen-bond donors (Lipinski definition) is 0. The number of rotatable bonds is 6. The van der Waals surface area contributed by atoms with Crippen LogP contribution in [-0.2, 0) is 0 Å². The zero-order chi connectivity index (χ0) is 31.4. The first-order chi connectivity index (χ1) is 23.3. The molecule has 0 spiro atoms. The Bertz CT molecular complexity index is 2170. The van der Waals surface area contributed by atoms with E-state index in [1.165, 1.54) is 29.4 Å². The molecule has 0 aliphatic heterocycles. The van der Waals surface area contributed by atoms with Crippen LogP contribution in [0.3, 0.4) is 0 Å². The molecule has 8 rings (SSSR count). The maximum absolute atomic E-state index is 5.15. The summed E-state index contributed by atoms with van der Waals surface area (Å²) in [4.78, 5) is 14.6. The summed E-state index contributed by atoms with van der Waals surface area (Å²) >= 11 is 0. The van der Waals surface area contributed by atoms with E-state index in [9.17, 15) is 0 Å². The SMILES string of the molecule is C1=C/C(n2ccc3cc(-c4cc(-c5cccnc5)cc(-c5cc(-c6ccccc6)nc(-c6ccccc6)n5)c4)ccc32)=C\CCCC1. The maximum Gasteiger partial charge on any atom is 0.160 e. The van der Waals surface area contributed by atoms with Crippen molar-refractivity contribution in [1.29, 1.82) is 0 Å². The molecule has 0 N–H and O–H groups in total. The van der Waals surface area contributed by atoms with Crippen molar-refractivity contribution in [2.45, 2.75) is 25.7 Å². The fraction of sp³-hybridized carbons (Fsp3) is 0.0930. The second-order valence-electron chi connectivity index (χ2n) is 12.0. The highest BCUT2D eigenvalue weighted by atomic mass is 15.0. The highest BCUT2D eigenvalue weighted by Gasteiger charge is 2.14. The molecule has 1 aliphatic rings. The topological polar surface area (TPSA) is 43.6 Å². The third-order valence-corrected chi connectivity index (χ3v) is 8.82. The van der Waals surface area contributed by atoms with Crippen LogP contribution in [0.5, 0.6) is 0 Å². The first kappa shape index (κ1) is 28.6. The van der Waals surface area contributed by atoms with E-state index in [1.54, 1.807) is 0 Å². The van der Waals surface area contributed by atoms with Crippen molar-refractivity contribution in [3.63, 3.8) is 0 Å². The predicted octanol–water partition coefficient (Wildman–Crippen LogP) is 11.1. The van der Waals surface area contributed by atoms with E-state index in [-0.39, 0.29) is 0 Å². The molecule has 3 aromatic heterocycles. The van der Waals surface area contributed by atoms with Gasteiger partial charge in [0, 0.05) is 51.9 Å². The fourth-order valence-electron chi connectivity index (χ4n) is 6.37. The summed E-state index contributed by atoms with van der Waals surface area (Å²) in [6.45, 7) is 0. The number of aromatic nitrogens is 4. The van der Waals surface area contributed by atoms with Crippen molar-refractivity contribution < 1.29 is 0 Å². The minimum Gasteiger partial charge on any atom is -0.317 e. The van der Waals surface area contributed by atoms with Gasteiger partial charge in [0.25, 0.3) is 0 Å². The van der Waals surface area contributed by atoms with E-state index in [4.69, 9.17) is 9.97 Å². The van der Waals surface area contributed by atoms with Gasteiger partial charge >= 0.3 is 0 Å². The molecule has 47 heavy (non-hydrogen) atoms. The molecular formula is C43H34N4. The summed E-state index contributed by atoms with van der Waals surface area (Å²) in [6, 6.07) is 42.5. The minimum absolute atomic E-state index is 0.704. The summed E-state index contributed by atoms with van der Waals surface area (Å²) in [5.41, 5.74) is 11.7. The molecule has 1 aliphatic carbocycles. The fourth-order valence-corrected chi connectivity index (χ4v) is 6.37. The van der Waals surface area contributed by atoms with Gasteiger partial charge in [-0.3, -0.25) is 4.98 Å². The second-order valence-corrected chi connectivity index (χ2v) is 12.0. The van der Waals surface area contributed by atoms with Crippen LogP contribution >= 0.6 is 0 Å². The average Bonchev–Trinajstić information content (AvgIpc) is 3.55. The van der Waals surface area contributed by atoms with Crippen molar-refractivity contribution in [1.82, 2.24) is 19.5 Å².